The SMILES string of the molecule is COCC[C@H](Cc1ccc(OC)cc1)[C@@H](Oc1ccccc1)[C@H](C)OC(=O)[C@H](C)NC(=O)c1nccc(OC)c1OCOC(C)=O. The van der Waals surface area contributed by atoms with Crippen molar-refractivity contribution in [2.24, 2.45) is 5.92 Å². The molecule has 3 aromatic rings. The van der Waals surface area contributed by atoms with Crippen LogP contribution < -0.4 is 24.3 Å². The van der Waals surface area contributed by atoms with Crippen LogP contribution in [0.25, 0.3) is 0 Å². The normalized spacial score (nSPS) is 13.3. The monoisotopic (exact) mass is 638 g/mol. The van der Waals surface area contributed by atoms with Gasteiger partial charge in [0.15, 0.2) is 17.2 Å². The van der Waals surface area contributed by atoms with Crippen molar-refractivity contribution >= 4 is 17.8 Å². The topological polar surface area (TPSA) is 141 Å². The van der Waals surface area contributed by atoms with Crippen molar-refractivity contribution in [2.75, 3.05) is 34.7 Å². The number of pyridine rings is 1. The molecule has 0 aliphatic rings. The molecule has 0 fully saturated rings. The molecule has 0 aliphatic heterocycles. The molecular formula is C34H42N2O10. The highest BCUT2D eigenvalue weighted by atomic mass is 16.7. The largest absolute Gasteiger partial charge is 0.497 e. The van der Waals surface area contributed by atoms with E-state index in [2.05, 4.69) is 10.3 Å². The fourth-order valence-electron chi connectivity index (χ4n) is 4.69. The Labute approximate surface area is 269 Å². The Morgan fingerprint density at radius 2 is 1.61 bits per heavy atom. The van der Waals surface area contributed by atoms with Gasteiger partial charge in [-0.3, -0.25) is 9.59 Å². The molecule has 0 unspecified atom stereocenters. The standard InChI is InChI=1S/C34H42N2O10/c1-22(36-33(38)30-32(44-21-43-24(3)37)29(42-6)16-18-35-30)34(39)45-23(2)31(46-28-10-8-7-9-11-28)26(17-19-40-4)20-25-12-14-27(41-5)15-13-25/h7-16,18,22-23,26,31H,17,19-21H2,1-6H3,(H,36,38)/t22-,23-,26+,31-/m0/s1. The number of nitrogens with zero attached hydrogens (tertiary/aromatic N) is 1. The third-order valence-corrected chi connectivity index (χ3v) is 7.06. The summed E-state index contributed by atoms with van der Waals surface area (Å²) in [5.74, 6) is -0.559. The predicted molar refractivity (Wildman–Crippen MR) is 168 cm³/mol. The van der Waals surface area contributed by atoms with Crippen LogP contribution in [0.15, 0.2) is 66.9 Å². The summed E-state index contributed by atoms with van der Waals surface area (Å²) in [7, 11) is 4.64. The average Bonchev–Trinajstić information content (AvgIpc) is 3.06. The molecule has 12 heteroatoms. The first-order chi connectivity index (χ1) is 22.2. The molecule has 0 saturated carbocycles. The zero-order valence-electron chi connectivity index (χ0n) is 27.0. The van der Waals surface area contributed by atoms with Gasteiger partial charge in [-0.1, -0.05) is 30.3 Å². The molecule has 248 valence electrons. The molecule has 2 aromatic carbocycles. The maximum absolute atomic E-state index is 13.3. The first-order valence-electron chi connectivity index (χ1n) is 14.8. The van der Waals surface area contributed by atoms with Crippen LogP contribution in [0, 0.1) is 5.92 Å². The van der Waals surface area contributed by atoms with E-state index < -0.39 is 42.9 Å². The number of carbonyl (C=O) groups is 3. The van der Waals surface area contributed by atoms with E-state index in [1.54, 1.807) is 21.1 Å². The van der Waals surface area contributed by atoms with Crippen molar-refractivity contribution in [2.45, 2.75) is 51.9 Å². The van der Waals surface area contributed by atoms with E-state index in [4.69, 9.17) is 33.2 Å². The van der Waals surface area contributed by atoms with Gasteiger partial charge in [0.25, 0.3) is 5.91 Å². The first kappa shape index (κ1) is 35.6. The Morgan fingerprint density at radius 1 is 0.891 bits per heavy atom. The molecule has 12 nitrogen and oxygen atoms in total. The van der Waals surface area contributed by atoms with E-state index in [-0.39, 0.29) is 23.1 Å². The minimum absolute atomic E-state index is 0.0477. The number of nitrogens with one attached hydrogen (secondary N) is 1. The molecule has 0 bridgehead atoms. The number of carbonyl (C=O) groups excluding carboxylic acids is 3. The summed E-state index contributed by atoms with van der Waals surface area (Å²) in [5, 5.41) is 2.60. The number of methoxy groups -OCH3 is 3. The number of aromatic nitrogens is 1. The zero-order valence-corrected chi connectivity index (χ0v) is 27.0. The fourth-order valence-corrected chi connectivity index (χ4v) is 4.69. The van der Waals surface area contributed by atoms with Gasteiger partial charge in [0.05, 0.1) is 14.2 Å². The average molecular weight is 639 g/mol. The molecule has 0 radical (unpaired) electrons. The van der Waals surface area contributed by atoms with Crippen molar-refractivity contribution in [3.8, 4) is 23.0 Å². The van der Waals surface area contributed by atoms with Crippen molar-refractivity contribution in [3.05, 3.63) is 78.1 Å². The number of hydrogen-bond donors (Lipinski definition) is 1. The highest BCUT2D eigenvalue weighted by Crippen LogP contribution is 2.30. The van der Waals surface area contributed by atoms with Gasteiger partial charge in [0.1, 0.15) is 29.7 Å². The van der Waals surface area contributed by atoms with Gasteiger partial charge < -0.3 is 38.5 Å². The molecule has 1 heterocycles. The number of benzene rings is 2. The summed E-state index contributed by atoms with van der Waals surface area (Å²) in [6.45, 7) is 4.49. The Kier molecular flexibility index (Phi) is 14.1. The van der Waals surface area contributed by atoms with Gasteiger partial charge in [-0.05, 0) is 56.5 Å². The van der Waals surface area contributed by atoms with Crippen LogP contribution in [-0.2, 0) is 30.2 Å². The molecule has 0 spiro atoms. The Balaban J connectivity index is 1.78. The number of esters is 2. The maximum atomic E-state index is 13.3. The van der Waals surface area contributed by atoms with E-state index in [1.165, 1.54) is 33.2 Å². The van der Waals surface area contributed by atoms with Crippen molar-refractivity contribution in [3.63, 3.8) is 0 Å². The van der Waals surface area contributed by atoms with E-state index in [9.17, 15) is 14.4 Å². The van der Waals surface area contributed by atoms with Gasteiger partial charge in [0, 0.05) is 38.8 Å². The molecule has 1 N–H and O–H groups in total. The lowest BCUT2D eigenvalue weighted by Gasteiger charge is -2.33. The Morgan fingerprint density at radius 3 is 2.24 bits per heavy atom. The molecule has 4 atom stereocenters. The Hall–Kier alpha value is -4.84. The van der Waals surface area contributed by atoms with Crippen LogP contribution in [0.2, 0.25) is 0 Å². The third kappa shape index (κ3) is 10.7. The molecule has 46 heavy (non-hydrogen) atoms. The lowest BCUT2D eigenvalue weighted by Crippen LogP contribution is -2.45. The molecular weight excluding hydrogens is 596 g/mol. The second kappa shape index (κ2) is 18.2. The smallest absolute Gasteiger partial charge is 0.328 e. The van der Waals surface area contributed by atoms with Gasteiger partial charge >= 0.3 is 11.9 Å². The second-order valence-electron chi connectivity index (χ2n) is 10.4. The second-order valence-corrected chi connectivity index (χ2v) is 10.4. The van der Waals surface area contributed by atoms with Crippen LogP contribution in [-0.4, -0.2) is 75.8 Å². The van der Waals surface area contributed by atoms with Gasteiger partial charge in [-0.15, -0.1) is 0 Å². The minimum Gasteiger partial charge on any atom is -0.497 e. The highest BCUT2D eigenvalue weighted by Gasteiger charge is 2.33. The number of hydrogen-bond acceptors (Lipinski definition) is 11. The number of para-hydroxylation sites is 1. The summed E-state index contributed by atoms with van der Waals surface area (Å²) in [6, 6.07) is 17.5. The summed E-state index contributed by atoms with van der Waals surface area (Å²) >= 11 is 0. The van der Waals surface area contributed by atoms with Crippen LogP contribution >= 0.6 is 0 Å². The quantitative estimate of drug-likeness (QED) is 0.157. The van der Waals surface area contributed by atoms with Crippen LogP contribution in [0.4, 0.5) is 0 Å². The van der Waals surface area contributed by atoms with E-state index >= 15 is 0 Å². The third-order valence-electron chi connectivity index (χ3n) is 7.06. The van der Waals surface area contributed by atoms with Crippen molar-refractivity contribution in [1.29, 1.82) is 0 Å². The molecule has 0 saturated heterocycles. The van der Waals surface area contributed by atoms with Crippen LogP contribution in [0.3, 0.4) is 0 Å². The molecule has 0 aliphatic carbocycles. The number of amides is 1. The van der Waals surface area contributed by atoms with Crippen molar-refractivity contribution in [1.82, 2.24) is 10.3 Å². The molecule has 1 amide bonds. The lowest BCUT2D eigenvalue weighted by molar-refractivity contribution is -0.156. The molecule has 3 rings (SSSR count). The number of rotatable bonds is 18. The maximum Gasteiger partial charge on any atom is 0.328 e. The van der Waals surface area contributed by atoms with Crippen LogP contribution in [0.5, 0.6) is 23.0 Å². The summed E-state index contributed by atoms with van der Waals surface area (Å²) in [5.41, 5.74) is 0.892. The fraction of sp³-hybridized carbons (Fsp3) is 0.412. The Bertz CT molecular complexity index is 1400. The highest BCUT2D eigenvalue weighted by molar-refractivity contribution is 5.98. The summed E-state index contributed by atoms with van der Waals surface area (Å²) in [6.07, 6.45) is 1.33. The lowest BCUT2D eigenvalue weighted by atomic mass is 9.88. The van der Waals surface area contributed by atoms with Gasteiger partial charge in [0.2, 0.25) is 6.79 Å². The number of ether oxygens (including phenoxy) is 7. The van der Waals surface area contributed by atoms with E-state index in [0.29, 0.717) is 25.2 Å². The van der Waals surface area contributed by atoms with E-state index in [1.807, 2.05) is 54.6 Å². The summed E-state index contributed by atoms with van der Waals surface area (Å²) in [4.78, 5) is 41.8. The molecule has 1 aromatic heterocycles. The predicted octanol–water partition coefficient (Wildman–Crippen LogP) is 4.39. The summed E-state index contributed by atoms with van der Waals surface area (Å²) < 4.78 is 38.6. The van der Waals surface area contributed by atoms with Gasteiger partial charge in [-0.25, -0.2) is 9.78 Å². The van der Waals surface area contributed by atoms with Gasteiger partial charge in [-0.2, -0.15) is 0 Å². The van der Waals surface area contributed by atoms with E-state index in [0.717, 1.165) is 11.3 Å². The zero-order chi connectivity index (χ0) is 33.5. The first-order valence-corrected chi connectivity index (χ1v) is 14.8. The van der Waals surface area contributed by atoms with Crippen molar-refractivity contribution < 1.29 is 47.5 Å². The van der Waals surface area contributed by atoms with Crippen LogP contribution in [0.1, 0.15) is 43.2 Å². The minimum atomic E-state index is -1.07.